The van der Waals surface area contributed by atoms with Gasteiger partial charge in [0.25, 0.3) is 0 Å². The van der Waals surface area contributed by atoms with E-state index < -0.39 is 0 Å². The van der Waals surface area contributed by atoms with Crippen LogP contribution in [-0.2, 0) is 13.0 Å². The smallest absolute Gasteiger partial charge is 0.134 e. The van der Waals surface area contributed by atoms with E-state index >= 15 is 0 Å². The molecular weight excluding hydrogens is 250 g/mol. The van der Waals surface area contributed by atoms with Crippen LogP contribution < -0.4 is 10.6 Å². The van der Waals surface area contributed by atoms with E-state index in [0.717, 1.165) is 23.6 Å². The van der Waals surface area contributed by atoms with Gasteiger partial charge in [-0.3, -0.25) is 0 Å². The molecule has 0 unspecified atom stereocenters. The second kappa shape index (κ2) is 6.02. The number of nitrogen functional groups attached to an aromatic ring is 1. The third-order valence-corrected chi connectivity index (χ3v) is 2.96. The van der Waals surface area contributed by atoms with E-state index in [1.165, 1.54) is 0 Å². The minimum atomic E-state index is 0.476. The lowest BCUT2D eigenvalue weighted by atomic mass is 10.1. The average molecular weight is 267 g/mol. The highest BCUT2D eigenvalue weighted by molar-refractivity contribution is 5.47. The molecule has 2 aromatic rings. The zero-order valence-corrected chi connectivity index (χ0v) is 11.7. The lowest BCUT2D eigenvalue weighted by Crippen LogP contribution is -2.19. The Kier molecular flexibility index (Phi) is 4.16. The van der Waals surface area contributed by atoms with Crippen LogP contribution in [0.2, 0.25) is 0 Å². The zero-order chi connectivity index (χ0) is 14.5. The summed E-state index contributed by atoms with van der Waals surface area (Å²) in [6, 6.07) is 11.4. The van der Waals surface area contributed by atoms with Gasteiger partial charge >= 0.3 is 0 Å². The molecule has 5 heteroatoms. The van der Waals surface area contributed by atoms with Crippen LogP contribution in [0.15, 0.2) is 30.3 Å². The van der Waals surface area contributed by atoms with Crippen molar-refractivity contribution >= 4 is 11.6 Å². The highest BCUT2D eigenvalue weighted by Gasteiger charge is 2.07. The molecule has 0 saturated heterocycles. The van der Waals surface area contributed by atoms with E-state index in [2.05, 4.69) is 16.0 Å². The number of hydrogen-bond acceptors (Lipinski definition) is 5. The van der Waals surface area contributed by atoms with Gasteiger partial charge in [0, 0.05) is 26.1 Å². The van der Waals surface area contributed by atoms with Crippen molar-refractivity contribution in [1.29, 1.82) is 5.26 Å². The second-order valence-corrected chi connectivity index (χ2v) is 4.59. The van der Waals surface area contributed by atoms with Crippen LogP contribution in [0.5, 0.6) is 0 Å². The molecule has 0 radical (unpaired) electrons. The molecule has 0 aliphatic rings. The van der Waals surface area contributed by atoms with Gasteiger partial charge in [0.15, 0.2) is 0 Å². The third kappa shape index (κ3) is 3.23. The van der Waals surface area contributed by atoms with E-state index in [-0.39, 0.29) is 0 Å². The van der Waals surface area contributed by atoms with Crippen molar-refractivity contribution in [2.24, 2.45) is 0 Å². The highest BCUT2D eigenvalue weighted by atomic mass is 15.2. The molecule has 2 N–H and O–H groups in total. The number of aromatic nitrogens is 2. The van der Waals surface area contributed by atoms with Crippen molar-refractivity contribution in [3.8, 4) is 6.07 Å². The molecule has 0 atom stereocenters. The van der Waals surface area contributed by atoms with Crippen LogP contribution in [0.4, 0.5) is 11.6 Å². The lowest BCUT2D eigenvalue weighted by molar-refractivity contribution is 0.861. The van der Waals surface area contributed by atoms with E-state index in [0.29, 0.717) is 17.9 Å². The Hall–Kier alpha value is -2.61. The van der Waals surface area contributed by atoms with Gasteiger partial charge < -0.3 is 10.6 Å². The van der Waals surface area contributed by atoms with Crippen molar-refractivity contribution in [3.05, 3.63) is 47.3 Å². The monoisotopic (exact) mass is 267 g/mol. The van der Waals surface area contributed by atoms with Crippen molar-refractivity contribution in [2.75, 3.05) is 17.7 Å². The van der Waals surface area contributed by atoms with Crippen molar-refractivity contribution in [3.63, 3.8) is 0 Å². The first-order valence-electron chi connectivity index (χ1n) is 6.46. The molecule has 0 aliphatic carbocycles. The van der Waals surface area contributed by atoms with Gasteiger partial charge in [0.1, 0.15) is 17.5 Å². The van der Waals surface area contributed by atoms with Crippen molar-refractivity contribution < 1.29 is 0 Å². The summed E-state index contributed by atoms with van der Waals surface area (Å²) in [5.74, 6) is 2.00. The predicted octanol–water partition coefficient (Wildman–Crippen LogP) is 2.13. The maximum atomic E-state index is 8.92. The normalized spacial score (nSPS) is 10.1. The third-order valence-electron chi connectivity index (χ3n) is 2.96. The number of hydrogen-bond donors (Lipinski definition) is 1. The predicted molar refractivity (Wildman–Crippen MR) is 79.1 cm³/mol. The quantitative estimate of drug-likeness (QED) is 0.918. The number of nitrogens with two attached hydrogens (primary N) is 1. The van der Waals surface area contributed by atoms with Crippen LogP contribution >= 0.6 is 0 Å². The Balaban J connectivity index is 2.21. The maximum Gasteiger partial charge on any atom is 0.134 e. The minimum absolute atomic E-state index is 0.476. The van der Waals surface area contributed by atoms with Crippen LogP contribution in [0.3, 0.4) is 0 Å². The van der Waals surface area contributed by atoms with Gasteiger partial charge in [-0.05, 0) is 17.7 Å². The standard InChI is InChI=1S/C15H17N5/c1-3-14-18-13(17)8-15(19-14)20(2)10-12-6-4-5-11(7-12)9-16/h4-8H,3,10H2,1-2H3,(H2,17,18,19). The molecule has 1 aromatic heterocycles. The second-order valence-electron chi connectivity index (χ2n) is 4.59. The fourth-order valence-corrected chi connectivity index (χ4v) is 1.95. The molecule has 1 heterocycles. The number of aryl methyl sites for hydroxylation is 1. The molecule has 0 bridgehead atoms. The molecule has 20 heavy (non-hydrogen) atoms. The molecule has 1 aromatic carbocycles. The first-order valence-corrected chi connectivity index (χ1v) is 6.46. The van der Waals surface area contributed by atoms with Gasteiger partial charge in [0.05, 0.1) is 11.6 Å². The van der Waals surface area contributed by atoms with E-state index in [9.17, 15) is 0 Å². The molecule has 102 valence electrons. The molecule has 0 fully saturated rings. The number of nitrogens with zero attached hydrogens (tertiary/aromatic N) is 4. The van der Waals surface area contributed by atoms with Crippen molar-refractivity contribution in [1.82, 2.24) is 9.97 Å². The largest absolute Gasteiger partial charge is 0.384 e. The summed E-state index contributed by atoms with van der Waals surface area (Å²) < 4.78 is 0. The maximum absolute atomic E-state index is 8.92. The Morgan fingerprint density at radius 3 is 2.80 bits per heavy atom. The molecule has 0 aliphatic heterocycles. The summed E-state index contributed by atoms with van der Waals surface area (Å²) in [5, 5.41) is 8.92. The Labute approximate surface area is 118 Å². The lowest BCUT2D eigenvalue weighted by Gasteiger charge is -2.19. The summed E-state index contributed by atoms with van der Waals surface area (Å²) in [6.45, 7) is 2.66. The summed E-state index contributed by atoms with van der Waals surface area (Å²) in [5.41, 5.74) is 7.51. The molecular formula is C15H17N5. The van der Waals surface area contributed by atoms with Gasteiger partial charge in [0.2, 0.25) is 0 Å². The minimum Gasteiger partial charge on any atom is -0.384 e. The van der Waals surface area contributed by atoms with E-state index in [1.54, 1.807) is 12.1 Å². The summed E-state index contributed by atoms with van der Waals surface area (Å²) >= 11 is 0. The van der Waals surface area contributed by atoms with Crippen LogP contribution in [0, 0.1) is 11.3 Å². The first kappa shape index (κ1) is 13.8. The first-order chi connectivity index (χ1) is 9.62. The zero-order valence-electron chi connectivity index (χ0n) is 11.7. The number of benzene rings is 1. The molecule has 0 amide bonds. The topological polar surface area (TPSA) is 78.8 Å². The Bertz CT molecular complexity index is 645. The average Bonchev–Trinajstić information content (AvgIpc) is 2.46. The Morgan fingerprint density at radius 2 is 2.10 bits per heavy atom. The van der Waals surface area contributed by atoms with Crippen molar-refractivity contribution in [2.45, 2.75) is 19.9 Å². The molecule has 0 saturated carbocycles. The summed E-state index contributed by atoms with van der Waals surface area (Å²) in [4.78, 5) is 10.6. The molecule has 0 spiro atoms. The number of rotatable bonds is 4. The van der Waals surface area contributed by atoms with E-state index in [4.69, 9.17) is 11.0 Å². The van der Waals surface area contributed by atoms with Gasteiger partial charge in [-0.1, -0.05) is 19.1 Å². The van der Waals surface area contributed by atoms with E-state index in [1.807, 2.05) is 37.1 Å². The van der Waals surface area contributed by atoms with Gasteiger partial charge in [-0.25, -0.2) is 9.97 Å². The number of nitriles is 1. The highest BCUT2D eigenvalue weighted by Crippen LogP contribution is 2.16. The van der Waals surface area contributed by atoms with Gasteiger partial charge in [-0.2, -0.15) is 5.26 Å². The van der Waals surface area contributed by atoms with Crippen LogP contribution in [-0.4, -0.2) is 17.0 Å². The fraction of sp³-hybridized carbons (Fsp3) is 0.267. The molecule has 5 nitrogen and oxygen atoms in total. The molecule has 2 rings (SSSR count). The summed E-state index contributed by atoms with van der Waals surface area (Å²) in [6.07, 6.45) is 0.746. The van der Waals surface area contributed by atoms with Crippen LogP contribution in [0.1, 0.15) is 23.9 Å². The van der Waals surface area contributed by atoms with Gasteiger partial charge in [-0.15, -0.1) is 0 Å². The number of anilines is 2. The van der Waals surface area contributed by atoms with Crippen LogP contribution in [0.25, 0.3) is 0 Å². The summed E-state index contributed by atoms with van der Waals surface area (Å²) in [7, 11) is 1.94. The Morgan fingerprint density at radius 1 is 1.30 bits per heavy atom. The SMILES string of the molecule is CCc1nc(N)cc(N(C)Cc2cccc(C#N)c2)n1. The fourth-order valence-electron chi connectivity index (χ4n) is 1.95.